The van der Waals surface area contributed by atoms with Gasteiger partial charge in [0.2, 0.25) is 0 Å². The van der Waals surface area contributed by atoms with Crippen LogP contribution in [-0.2, 0) is 24.0 Å². The molecule has 21 nitrogen and oxygen atoms in total. The molecule has 0 unspecified atom stereocenters. The summed E-state index contributed by atoms with van der Waals surface area (Å²) in [6.07, 6.45) is 0. The Hall–Kier alpha value is 0.0914. The van der Waals surface area contributed by atoms with Crippen LogP contribution in [0.4, 0.5) is 0 Å². The molecule has 0 spiro atoms. The van der Waals surface area contributed by atoms with E-state index in [-0.39, 0.29) is 65.7 Å². The van der Waals surface area contributed by atoms with Crippen LogP contribution in [0.25, 0.3) is 0 Å². The summed E-state index contributed by atoms with van der Waals surface area (Å²) in [7, 11) is 1.75. The van der Waals surface area contributed by atoms with Gasteiger partial charge in [0.1, 0.15) is 0 Å². The third kappa shape index (κ3) is 51.6. The second-order valence-corrected chi connectivity index (χ2v) is 9.61. The predicted molar refractivity (Wildman–Crippen MR) is 75.4 cm³/mol. The fourth-order valence-corrected chi connectivity index (χ4v) is 7.21. The summed E-state index contributed by atoms with van der Waals surface area (Å²) in [5, 5.41) is 0. The molecule has 1 aliphatic heterocycles. The van der Waals surface area contributed by atoms with Gasteiger partial charge in [-0.05, 0) is 0 Å². The van der Waals surface area contributed by atoms with E-state index in [9.17, 15) is 19.5 Å². The van der Waals surface area contributed by atoms with Crippen molar-refractivity contribution in [2.24, 2.45) is 0 Å². The summed E-state index contributed by atoms with van der Waals surface area (Å²) >= 11 is -13.5. The first-order chi connectivity index (χ1) is 5.79. The van der Waals surface area contributed by atoms with Crippen LogP contribution in [0.2, 0.25) is 0 Å². The van der Waals surface area contributed by atoms with E-state index in [0.717, 1.165) is 0 Å². The molecule has 174 valence electrons. The van der Waals surface area contributed by atoms with Gasteiger partial charge in [0.15, 0.2) is 0 Å². The number of hydrogen-bond donors (Lipinski definition) is 1. The Bertz CT molecular complexity index is 336. The van der Waals surface area contributed by atoms with Crippen LogP contribution in [0, 0.1) is 0 Å². The van der Waals surface area contributed by atoms with Crippen molar-refractivity contribution in [1.29, 1.82) is 0 Å². The number of rotatable bonds is 2. The molecular weight excluding hydrogens is 531 g/mol. The Morgan fingerprint density at radius 2 is 0.960 bits per heavy atom. The van der Waals surface area contributed by atoms with Crippen molar-refractivity contribution in [1.82, 2.24) is 0 Å². The van der Waals surface area contributed by atoms with E-state index in [0.29, 0.717) is 0 Å². The van der Waals surface area contributed by atoms with Gasteiger partial charge in [0.25, 0.3) is 0 Å². The Kier molecular flexibility index (Phi) is 156. The average Bonchev–Trinajstić information content (AvgIpc) is 1.84. The molecule has 0 amide bonds. The summed E-state index contributed by atoms with van der Waals surface area (Å²) in [6, 6.07) is 0. The maximum atomic E-state index is 10.1. The minimum atomic E-state index is -5.61. The third-order valence-corrected chi connectivity index (χ3v) is 9.19. The van der Waals surface area contributed by atoms with Crippen LogP contribution >= 0.6 is 0 Å². The zero-order valence-electron chi connectivity index (χ0n) is 12.4. The molecule has 0 radical (unpaired) electrons. The number of quaternary nitrogens is 1. The monoisotopic (exact) mass is 563 g/mol. The molecule has 0 bridgehead atoms. The van der Waals surface area contributed by atoms with Crippen molar-refractivity contribution < 1.29 is 99.6 Å². The molecule has 1 saturated heterocycles. The first-order valence-electron chi connectivity index (χ1n) is 2.75. The third-order valence-electron chi connectivity index (χ3n) is 0.589. The van der Waals surface area contributed by atoms with Crippen molar-refractivity contribution in [3.63, 3.8) is 0 Å². The van der Waals surface area contributed by atoms with Crippen LogP contribution in [0.5, 0.6) is 0 Å². The summed E-state index contributed by atoms with van der Waals surface area (Å²) in [5.74, 6) is 0. The zero-order valence-corrected chi connectivity index (χ0v) is 16.9. The molecule has 25 heavy (non-hydrogen) atoms. The molecule has 0 aliphatic carbocycles. The standard InChI is InChI=1S/CH5N.Al.2H2O4Se.12H2O/c1-2;;2*1-5(2,3)4;;;;;;;;;;;;/h2H2,1H3;;2*(H2,1,2,3,4);12*1H2/q;+3;;;;;;;;;;;;;;/p-3. The second kappa shape index (κ2) is 39.2. The molecule has 0 aromatic carbocycles. The first-order valence-corrected chi connectivity index (χ1v) is 9.76. The quantitative estimate of drug-likeness (QED) is 0.314. The van der Waals surface area contributed by atoms with Crippen LogP contribution in [-0.4, -0.2) is 115 Å². The summed E-state index contributed by atoms with van der Waals surface area (Å²) in [4.78, 5) is 0. The molecule has 0 atom stereocenters. The minimum absolute atomic E-state index is 0. The second-order valence-electron chi connectivity index (χ2n) is 1.39. The first kappa shape index (κ1) is 99.6. The molecule has 27 N–H and O–H groups in total. The van der Waals surface area contributed by atoms with Gasteiger partial charge in [0, 0.05) is 0 Å². The molecule has 1 aliphatic rings. The molecule has 0 aromatic rings. The van der Waals surface area contributed by atoms with Gasteiger partial charge in [-0.1, -0.05) is 0 Å². The van der Waals surface area contributed by atoms with Crippen molar-refractivity contribution in [2.45, 2.75) is 0 Å². The van der Waals surface area contributed by atoms with Crippen LogP contribution in [0.1, 0.15) is 0 Å². The Morgan fingerprint density at radius 1 is 0.760 bits per heavy atom. The van der Waals surface area contributed by atoms with Gasteiger partial charge in [0.05, 0.1) is 7.05 Å². The van der Waals surface area contributed by atoms with E-state index in [1.807, 2.05) is 0 Å². The molecule has 1 rings (SSSR count). The van der Waals surface area contributed by atoms with Gasteiger partial charge in [-0.2, -0.15) is 0 Å². The van der Waals surface area contributed by atoms with Gasteiger partial charge in [-0.25, -0.2) is 0 Å². The molecule has 24 heteroatoms. The van der Waals surface area contributed by atoms with E-state index in [1.54, 1.807) is 7.05 Å². The average molecular weight is 561 g/mol. The van der Waals surface area contributed by atoms with Gasteiger partial charge in [-0.3, -0.25) is 0 Å². The van der Waals surface area contributed by atoms with E-state index < -0.39 is 41.9 Å². The summed E-state index contributed by atoms with van der Waals surface area (Å²) in [6.45, 7) is 0. The Morgan fingerprint density at radius 3 is 1.08 bits per heavy atom. The van der Waals surface area contributed by atoms with Gasteiger partial charge < -0.3 is 71.4 Å². The van der Waals surface area contributed by atoms with Crippen molar-refractivity contribution >= 4 is 41.9 Å². The van der Waals surface area contributed by atoms with Gasteiger partial charge in [-0.15, -0.1) is 0 Å². The number of hydrogen-bond acceptors (Lipinski definition) is 8. The van der Waals surface area contributed by atoms with E-state index >= 15 is 0 Å². The molecule has 1 heterocycles. The topological polar surface area (TPSA) is 525 Å². The zero-order chi connectivity index (χ0) is 10.7. The SMILES string of the molecule is C[NH3+].O.O.O.O.O.O.O.O.O.O.O.O.O=[Se](=O)([O-])[O][Al]1[O][Se](=O)(=O)[O]1. The molecule has 1 fully saturated rings. The Balaban J connectivity index is -0.00000000905. The van der Waals surface area contributed by atoms with E-state index in [2.05, 4.69) is 14.3 Å². The summed E-state index contributed by atoms with van der Waals surface area (Å²) in [5.41, 5.74) is 3.25. The van der Waals surface area contributed by atoms with Crippen molar-refractivity contribution in [3.8, 4) is 0 Å². The van der Waals surface area contributed by atoms with Crippen LogP contribution in [0.15, 0.2) is 0 Å². The van der Waals surface area contributed by atoms with Crippen molar-refractivity contribution in [3.05, 3.63) is 0 Å². The van der Waals surface area contributed by atoms with Gasteiger partial charge >= 0.3 is 70.0 Å². The predicted octanol–water partition coefficient (Wildman–Crippen LogP) is -14.1. The molecule has 0 saturated carbocycles. The molecule has 0 aromatic heterocycles. The van der Waals surface area contributed by atoms with Crippen molar-refractivity contribution in [2.75, 3.05) is 7.05 Å². The molecular formula is CH30AlNO20Se2. The van der Waals surface area contributed by atoms with Crippen LogP contribution in [0.3, 0.4) is 0 Å². The fraction of sp³-hybridized carbons (Fsp3) is 1.00. The fourth-order valence-electron chi connectivity index (χ4n) is 0.328. The normalized spacial score (nSPS) is 10.3. The maximum absolute atomic E-state index is 10.1. The van der Waals surface area contributed by atoms with E-state index in [1.165, 1.54) is 0 Å². The van der Waals surface area contributed by atoms with E-state index in [4.69, 9.17) is 0 Å². The Labute approximate surface area is 148 Å². The summed E-state index contributed by atoms with van der Waals surface area (Å²) < 4.78 is 61.0. The van der Waals surface area contributed by atoms with Crippen LogP contribution < -0.4 is 9.92 Å².